The summed E-state index contributed by atoms with van der Waals surface area (Å²) in [4.78, 5) is 1.50. The van der Waals surface area contributed by atoms with Crippen molar-refractivity contribution >= 4 is 11.3 Å². The van der Waals surface area contributed by atoms with Crippen LogP contribution in [0.3, 0.4) is 0 Å². The summed E-state index contributed by atoms with van der Waals surface area (Å²) < 4.78 is 0. The molecule has 0 aliphatic carbocycles. The number of hydrogen-bond donors (Lipinski definition) is 1. The second-order valence-electron chi connectivity index (χ2n) is 3.44. The first-order valence-electron chi connectivity index (χ1n) is 5.13. The van der Waals surface area contributed by atoms with Crippen LogP contribution < -0.4 is 5.73 Å². The fourth-order valence-corrected chi connectivity index (χ4v) is 2.34. The molecule has 0 spiro atoms. The topological polar surface area (TPSA) is 26.0 Å². The summed E-state index contributed by atoms with van der Waals surface area (Å²) in [5.41, 5.74) is 6.83. The maximum absolute atomic E-state index is 5.55. The highest BCUT2D eigenvalue weighted by molar-refractivity contribution is 7.10. The van der Waals surface area contributed by atoms with E-state index in [4.69, 9.17) is 5.73 Å². The Morgan fingerprint density at radius 3 is 2.77 bits per heavy atom. The third-order valence-electron chi connectivity index (χ3n) is 2.22. The first-order chi connectivity index (χ1) is 6.36. The molecule has 2 N–H and O–H groups in total. The molecule has 0 aliphatic rings. The van der Waals surface area contributed by atoms with Crippen molar-refractivity contribution in [2.45, 2.75) is 45.6 Å². The Balaban J connectivity index is 2.20. The van der Waals surface area contributed by atoms with Crippen molar-refractivity contribution in [2.24, 2.45) is 5.73 Å². The monoisotopic (exact) mass is 197 g/mol. The van der Waals surface area contributed by atoms with E-state index < -0.39 is 0 Å². The van der Waals surface area contributed by atoms with Gasteiger partial charge in [-0.2, -0.15) is 0 Å². The summed E-state index contributed by atoms with van der Waals surface area (Å²) in [5, 5.41) is 2.18. The zero-order valence-electron chi connectivity index (χ0n) is 8.38. The van der Waals surface area contributed by atoms with Gasteiger partial charge in [-0.05, 0) is 29.9 Å². The van der Waals surface area contributed by atoms with Crippen LogP contribution in [0.4, 0.5) is 0 Å². The maximum Gasteiger partial charge on any atom is 0.0186 e. The van der Waals surface area contributed by atoms with Crippen LogP contribution in [-0.4, -0.2) is 0 Å². The molecule has 74 valence electrons. The van der Waals surface area contributed by atoms with Gasteiger partial charge in [-0.3, -0.25) is 0 Å². The fraction of sp³-hybridized carbons (Fsp3) is 0.636. The van der Waals surface area contributed by atoms with Gasteiger partial charge in [0.1, 0.15) is 0 Å². The Hall–Kier alpha value is -0.340. The van der Waals surface area contributed by atoms with Gasteiger partial charge in [0, 0.05) is 11.4 Å². The number of rotatable bonds is 6. The van der Waals surface area contributed by atoms with Crippen molar-refractivity contribution in [2.75, 3.05) is 0 Å². The highest BCUT2D eigenvalue weighted by Gasteiger charge is 1.97. The molecule has 0 fully saturated rings. The zero-order chi connectivity index (χ0) is 9.52. The lowest BCUT2D eigenvalue weighted by atomic mass is 10.1. The van der Waals surface area contributed by atoms with Crippen molar-refractivity contribution in [1.29, 1.82) is 0 Å². The van der Waals surface area contributed by atoms with Crippen LogP contribution in [0.2, 0.25) is 0 Å². The fourth-order valence-electron chi connectivity index (χ4n) is 1.39. The summed E-state index contributed by atoms with van der Waals surface area (Å²) >= 11 is 1.85. The molecule has 0 bridgehead atoms. The normalized spacial score (nSPS) is 10.6. The van der Waals surface area contributed by atoms with E-state index in [1.165, 1.54) is 42.5 Å². The molecule has 1 nitrogen and oxygen atoms in total. The van der Waals surface area contributed by atoms with E-state index in [2.05, 4.69) is 18.4 Å². The van der Waals surface area contributed by atoms with Crippen LogP contribution in [0, 0.1) is 0 Å². The average molecular weight is 197 g/mol. The van der Waals surface area contributed by atoms with Gasteiger partial charge in [0.25, 0.3) is 0 Å². The Kier molecular flexibility index (Phi) is 5.09. The van der Waals surface area contributed by atoms with Crippen molar-refractivity contribution < 1.29 is 0 Å². The SMILES string of the molecule is CCCCCCc1cc(CN)cs1. The zero-order valence-corrected chi connectivity index (χ0v) is 9.20. The van der Waals surface area contributed by atoms with E-state index in [1.54, 1.807) is 0 Å². The third-order valence-corrected chi connectivity index (χ3v) is 3.27. The van der Waals surface area contributed by atoms with Gasteiger partial charge in [0.15, 0.2) is 0 Å². The largest absolute Gasteiger partial charge is 0.326 e. The van der Waals surface area contributed by atoms with E-state index in [1.807, 2.05) is 11.3 Å². The number of thiophene rings is 1. The van der Waals surface area contributed by atoms with E-state index in [0.29, 0.717) is 6.54 Å². The van der Waals surface area contributed by atoms with Gasteiger partial charge in [0.2, 0.25) is 0 Å². The third kappa shape index (κ3) is 3.92. The van der Waals surface area contributed by atoms with E-state index >= 15 is 0 Å². The average Bonchev–Trinajstić information content (AvgIpc) is 2.60. The number of nitrogens with two attached hydrogens (primary N) is 1. The van der Waals surface area contributed by atoms with Crippen LogP contribution in [0.15, 0.2) is 11.4 Å². The summed E-state index contributed by atoms with van der Waals surface area (Å²) in [6.45, 7) is 2.93. The minimum atomic E-state index is 0.686. The van der Waals surface area contributed by atoms with Crippen LogP contribution >= 0.6 is 11.3 Å². The Morgan fingerprint density at radius 1 is 1.31 bits per heavy atom. The molecule has 1 aromatic rings. The molecule has 0 radical (unpaired) electrons. The lowest BCUT2D eigenvalue weighted by molar-refractivity contribution is 0.670. The molecule has 1 rings (SSSR count). The van der Waals surface area contributed by atoms with E-state index in [9.17, 15) is 0 Å². The number of unbranched alkanes of at least 4 members (excludes halogenated alkanes) is 3. The molecule has 13 heavy (non-hydrogen) atoms. The Bertz CT molecular complexity index is 230. The predicted molar refractivity (Wildman–Crippen MR) is 60.1 cm³/mol. The Labute approximate surface area is 85.0 Å². The van der Waals surface area contributed by atoms with Gasteiger partial charge in [-0.15, -0.1) is 11.3 Å². The molecular weight excluding hydrogens is 178 g/mol. The minimum absolute atomic E-state index is 0.686. The second kappa shape index (κ2) is 6.17. The minimum Gasteiger partial charge on any atom is -0.326 e. The highest BCUT2D eigenvalue weighted by atomic mass is 32.1. The molecule has 0 saturated heterocycles. The predicted octanol–water partition coefficient (Wildman–Crippen LogP) is 3.33. The van der Waals surface area contributed by atoms with Crippen LogP contribution in [-0.2, 0) is 13.0 Å². The van der Waals surface area contributed by atoms with Crippen LogP contribution in [0.5, 0.6) is 0 Å². The maximum atomic E-state index is 5.55. The molecule has 0 atom stereocenters. The lowest BCUT2D eigenvalue weighted by Gasteiger charge is -1.96. The summed E-state index contributed by atoms with van der Waals surface area (Å²) in [7, 11) is 0. The van der Waals surface area contributed by atoms with Gasteiger partial charge >= 0.3 is 0 Å². The quantitative estimate of drug-likeness (QED) is 0.695. The smallest absolute Gasteiger partial charge is 0.0186 e. The molecule has 0 saturated carbocycles. The van der Waals surface area contributed by atoms with Gasteiger partial charge < -0.3 is 5.73 Å². The Morgan fingerprint density at radius 2 is 2.15 bits per heavy atom. The van der Waals surface area contributed by atoms with E-state index in [0.717, 1.165) is 0 Å². The second-order valence-corrected chi connectivity index (χ2v) is 4.43. The summed E-state index contributed by atoms with van der Waals surface area (Å²) in [6.07, 6.45) is 6.63. The van der Waals surface area contributed by atoms with Crippen molar-refractivity contribution in [3.05, 3.63) is 21.9 Å². The lowest BCUT2D eigenvalue weighted by Crippen LogP contribution is -1.92. The van der Waals surface area contributed by atoms with Crippen molar-refractivity contribution in [3.63, 3.8) is 0 Å². The summed E-state index contributed by atoms with van der Waals surface area (Å²) in [6, 6.07) is 2.25. The molecule has 2 heteroatoms. The van der Waals surface area contributed by atoms with Crippen molar-refractivity contribution in [3.8, 4) is 0 Å². The van der Waals surface area contributed by atoms with Gasteiger partial charge in [0.05, 0.1) is 0 Å². The van der Waals surface area contributed by atoms with Gasteiger partial charge in [-0.25, -0.2) is 0 Å². The van der Waals surface area contributed by atoms with Crippen LogP contribution in [0.1, 0.15) is 43.0 Å². The molecule has 0 aliphatic heterocycles. The number of hydrogen-bond acceptors (Lipinski definition) is 2. The van der Waals surface area contributed by atoms with E-state index in [-0.39, 0.29) is 0 Å². The molecule has 0 amide bonds. The summed E-state index contributed by atoms with van der Waals surface area (Å²) in [5.74, 6) is 0. The first kappa shape index (κ1) is 10.7. The molecule has 1 aromatic heterocycles. The highest BCUT2D eigenvalue weighted by Crippen LogP contribution is 2.17. The number of aryl methyl sites for hydroxylation is 1. The molecule has 0 unspecified atom stereocenters. The molecule has 0 aromatic carbocycles. The first-order valence-corrected chi connectivity index (χ1v) is 6.01. The van der Waals surface area contributed by atoms with Gasteiger partial charge in [-0.1, -0.05) is 26.2 Å². The molecule has 1 heterocycles. The van der Waals surface area contributed by atoms with Crippen molar-refractivity contribution in [1.82, 2.24) is 0 Å². The molecular formula is C11H19NS. The van der Waals surface area contributed by atoms with Crippen LogP contribution in [0.25, 0.3) is 0 Å². The standard InChI is InChI=1S/C11H19NS/c1-2-3-4-5-6-11-7-10(8-12)9-13-11/h7,9H,2-6,8,12H2,1H3.